The molecule has 1 aromatic heterocycles. The minimum atomic E-state index is 0.449. The van der Waals surface area contributed by atoms with Crippen LogP contribution in [0.5, 0.6) is 0 Å². The first kappa shape index (κ1) is 10.9. The van der Waals surface area contributed by atoms with Gasteiger partial charge < -0.3 is 0 Å². The minimum absolute atomic E-state index is 0.449. The van der Waals surface area contributed by atoms with Crippen molar-refractivity contribution in [1.82, 2.24) is 14.8 Å². The molecule has 4 heteroatoms. The van der Waals surface area contributed by atoms with Crippen molar-refractivity contribution in [3.8, 4) is 0 Å². The zero-order chi connectivity index (χ0) is 10.8. The summed E-state index contributed by atoms with van der Waals surface area (Å²) in [5.74, 6) is 1.77. The fraction of sp³-hybridized carbons (Fsp3) is 0.818. The molecular formula is C11H18ClN3. The number of hydrogen-bond acceptors (Lipinski definition) is 2. The maximum atomic E-state index is 6.09. The van der Waals surface area contributed by atoms with Gasteiger partial charge in [-0.2, -0.15) is 0 Å². The lowest BCUT2D eigenvalue weighted by atomic mass is 9.99. The third kappa shape index (κ3) is 2.03. The van der Waals surface area contributed by atoms with E-state index in [2.05, 4.69) is 28.6 Å². The highest BCUT2D eigenvalue weighted by Crippen LogP contribution is 2.35. The van der Waals surface area contributed by atoms with Gasteiger partial charge in [-0.05, 0) is 37.3 Å². The van der Waals surface area contributed by atoms with Gasteiger partial charge in [0.1, 0.15) is 5.82 Å². The molecule has 1 aromatic rings. The highest BCUT2D eigenvalue weighted by Gasteiger charge is 2.25. The van der Waals surface area contributed by atoms with Crippen molar-refractivity contribution in [2.45, 2.75) is 52.0 Å². The van der Waals surface area contributed by atoms with Gasteiger partial charge in [0.2, 0.25) is 5.28 Å². The number of rotatable bonds is 3. The van der Waals surface area contributed by atoms with E-state index in [9.17, 15) is 0 Å². The summed E-state index contributed by atoms with van der Waals surface area (Å²) in [6, 6.07) is 0.449. The van der Waals surface area contributed by atoms with Gasteiger partial charge in [0.05, 0.1) is 0 Å². The Morgan fingerprint density at radius 2 is 2.07 bits per heavy atom. The van der Waals surface area contributed by atoms with E-state index in [0.717, 1.165) is 18.2 Å². The molecular weight excluding hydrogens is 210 g/mol. The van der Waals surface area contributed by atoms with Gasteiger partial charge >= 0.3 is 0 Å². The fourth-order valence-electron chi connectivity index (χ4n) is 2.60. The van der Waals surface area contributed by atoms with E-state index in [4.69, 9.17) is 11.6 Å². The Kier molecular flexibility index (Phi) is 3.29. The van der Waals surface area contributed by atoms with Gasteiger partial charge in [-0.25, -0.2) is 0 Å². The van der Waals surface area contributed by atoms with Crippen LogP contribution in [0.2, 0.25) is 5.28 Å². The molecule has 1 fully saturated rings. The van der Waals surface area contributed by atoms with Crippen LogP contribution in [-0.4, -0.2) is 14.8 Å². The molecule has 0 spiro atoms. The standard InChI is InChI=1S/C11H18ClN3/c1-3-10-13-14-11(12)15(10)8(2)9-6-4-5-7-9/h8-9H,3-7H2,1-2H3. The summed E-state index contributed by atoms with van der Waals surface area (Å²) in [5.41, 5.74) is 0. The molecule has 0 N–H and O–H groups in total. The molecule has 0 saturated heterocycles. The monoisotopic (exact) mass is 227 g/mol. The number of hydrogen-bond donors (Lipinski definition) is 0. The molecule has 1 unspecified atom stereocenters. The Labute approximate surface area is 95.8 Å². The molecule has 0 radical (unpaired) electrons. The molecule has 1 saturated carbocycles. The van der Waals surface area contributed by atoms with Gasteiger partial charge in [0.25, 0.3) is 0 Å². The summed E-state index contributed by atoms with van der Waals surface area (Å²) in [6.07, 6.45) is 6.25. The Morgan fingerprint density at radius 1 is 1.40 bits per heavy atom. The second kappa shape index (κ2) is 4.52. The van der Waals surface area contributed by atoms with E-state index in [0.29, 0.717) is 11.3 Å². The summed E-state index contributed by atoms with van der Waals surface area (Å²) < 4.78 is 2.11. The summed E-state index contributed by atoms with van der Waals surface area (Å²) in [5, 5.41) is 8.61. The van der Waals surface area contributed by atoms with Crippen molar-refractivity contribution >= 4 is 11.6 Å². The number of aryl methyl sites for hydroxylation is 1. The van der Waals surface area contributed by atoms with E-state index in [1.807, 2.05) is 0 Å². The molecule has 1 heterocycles. The van der Waals surface area contributed by atoms with Crippen molar-refractivity contribution in [3.63, 3.8) is 0 Å². The Hall–Kier alpha value is -0.570. The third-order valence-corrected chi connectivity index (χ3v) is 3.79. The van der Waals surface area contributed by atoms with Crippen LogP contribution in [0.25, 0.3) is 0 Å². The molecule has 0 bridgehead atoms. The van der Waals surface area contributed by atoms with Crippen LogP contribution in [0.4, 0.5) is 0 Å². The van der Waals surface area contributed by atoms with E-state index in [1.165, 1.54) is 25.7 Å². The molecule has 0 amide bonds. The van der Waals surface area contributed by atoms with Crippen molar-refractivity contribution in [3.05, 3.63) is 11.1 Å². The Morgan fingerprint density at radius 3 is 2.67 bits per heavy atom. The van der Waals surface area contributed by atoms with Gasteiger partial charge in [0.15, 0.2) is 0 Å². The lowest BCUT2D eigenvalue weighted by Gasteiger charge is -2.22. The summed E-state index contributed by atoms with van der Waals surface area (Å²) in [4.78, 5) is 0. The molecule has 1 atom stereocenters. The number of aromatic nitrogens is 3. The number of nitrogens with zero attached hydrogens (tertiary/aromatic N) is 3. The fourth-order valence-corrected chi connectivity index (χ4v) is 2.89. The average Bonchev–Trinajstić information content (AvgIpc) is 2.85. The summed E-state index contributed by atoms with van der Waals surface area (Å²) in [6.45, 7) is 4.34. The highest BCUT2D eigenvalue weighted by molar-refractivity contribution is 6.28. The highest BCUT2D eigenvalue weighted by atomic mass is 35.5. The molecule has 15 heavy (non-hydrogen) atoms. The lowest BCUT2D eigenvalue weighted by molar-refractivity contribution is 0.353. The van der Waals surface area contributed by atoms with Crippen molar-refractivity contribution < 1.29 is 0 Å². The zero-order valence-electron chi connectivity index (χ0n) is 9.41. The van der Waals surface area contributed by atoms with Gasteiger partial charge in [-0.3, -0.25) is 4.57 Å². The molecule has 1 aliphatic carbocycles. The van der Waals surface area contributed by atoms with Crippen molar-refractivity contribution in [1.29, 1.82) is 0 Å². The smallest absolute Gasteiger partial charge is 0.225 e. The van der Waals surface area contributed by atoms with Crippen LogP contribution in [0.1, 0.15) is 51.4 Å². The van der Waals surface area contributed by atoms with Crippen LogP contribution in [0.15, 0.2) is 0 Å². The average molecular weight is 228 g/mol. The van der Waals surface area contributed by atoms with Crippen LogP contribution in [0.3, 0.4) is 0 Å². The van der Waals surface area contributed by atoms with Crippen molar-refractivity contribution in [2.24, 2.45) is 5.92 Å². The van der Waals surface area contributed by atoms with Crippen LogP contribution in [0, 0.1) is 5.92 Å². The molecule has 2 rings (SSSR count). The first-order chi connectivity index (χ1) is 7.24. The second-order valence-electron chi connectivity index (χ2n) is 4.39. The van der Waals surface area contributed by atoms with Crippen molar-refractivity contribution in [2.75, 3.05) is 0 Å². The Bertz CT molecular complexity index is 329. The summed E-state index contributed by atoms with van der Waals surface area (Å²) in [7, 11) is 0. The lowest BCUT2D eigenvalue weighted by Crippen LogP contribution is -2.16. The zero-order valence-corrected chi connectivity index (χ0v) is 10.2. The molecule has 84 valence electrons. The van der Waals surface area contributed by atoms with Gasteiger partial charge in [-0.15, -0.1) is 10.2 Å². The van der Waals surface area contributed by atoms with Crippen LogP contribution in [-0.2, 0) is 6.42 Å². The van der Waals surface area contributed by atoms with E-state index in [1.54, 1.807) is 0 Å². The molecule has 3 nitrogen and oxygen atoms in total. The SMILES string of the molecule is CCc1nnc(Cl)n1C(C)C1CCCC1. The topological polar surface area (TPSA) is 30.7 Å². The van der Waals surface area contributed by atoms with E-state index in [-0.39, 0.29) is 0 Å². The third-order valence-electron chi connectivity index (χ3n) is 3.53. The normalized spacial score (nSPS) is 19.7. The second-order valence-corrected chi connectivity index (χ2v) is 4.73. The molecule has 0 aliphatic heterocycles. The first-order valence-corrected chi connectivity index (χ1v) is 6.21. The largest absolute Gasteiger partial charge is 0.299 e. The van der Waals surface area contributed by atoms with Crippen LogP contribution < -0.4 is 0 Å². The van der Waals surface area contributed by atoms with Gasteiger partial charge in [-0.1, -0.05) is 19.8 Å². The van der Waals surface area contributed by atoms with E-state index >= 15 is 0 Å². The maximum Gasteiger partial charge on any atom is 0.225 e. The molecule has 0 aromatic carbocycles. The minimum Gasteiger partial charge on any atom is -0.299 e. The van der Waals surface area contributed by atoms with Crippen LogP contribution >= 0.6 is 11.6 Å². The van der Waals surface area contributed by atoms with Gasteiger partial charge in [0, 0.05) is 12.5 Å². The molecule has 1 aliphatic rings. The maximum absolute atomic E-state index is 6.09. The Balaban J connectivity index is 2.22. The predicted molar refractivity (Wildman–Crippen MR) is 61.1 cm³/mol. The summed E-state index contributed by atoms with van der Waals surface area (Å²) >= 11 is 6.09. The first-order valence-electron chi connectivity index (χ1n) is 5.83. The predicted octanol–water partition coefficient (Wildman–Crippen LogP) is 3.25. The number of halogens is 1. The van der Waals surface area contributed by atoms with E-state index < -0.39 is 0 Å². The quantitative estimate of drug-likeness (QED) is 0.794.